The van der Waals surface area contributed by atoms with E-state index in [1.165, 1.54) is 14.0 Å². The first-order chi connectivity index (χ1) is 10.9. The minimum Gasteiger partial charge on any atom is -0.255 e. The van der Waals surface area contributed by atoms with Gasteiger partial charge >= 0.3 is 6.18 Å². The van der Waals surface area contributed by atoms with Crippen LogP contribution in [0.4, 0.5) is 17.6 Å². The van der Waals surface area contributed by atoms with Crippen LogP contribution in [0.5, 0.6) is 0 Å². The van der Waals surface area contributed by atoms with Crippen LogP contribution in [-0.4, -0.2) is 18.2 Å². The van der Waals surface area contributed by atoms with Gasteiger partial charge in [0, 0.05) is 19.2 Å². The molecule has 132 valence electrons. The second-order valence-corrected chi connectivity index (χ2v) is 7.02. The van der Waals surface area contributed by atoms with E-state index in [9.17, 15) is 26.0 Å². The first kappa shape index (κ1) is 18.7. The van der Waals surface area contributed by atoms with Crippen molar-refractivity contribution in [3.63, 3.8) is 0 Å². The molecular formula is C13H12ClF4N3O2S. The fourth-order valence-electron chi connectivity index (χ4n) is 2.05. The van der Waals surface area contributed by atoms with Gasteiger partial charge in [-0.15, -0.1) is 0 Å². The highest BCUT2D eigenvalue weighted by molar-refractivity contribution is 7.89. The highest BCUT2D eigenvalue weighted by atomic mass is 35.5. The Hall–Kier alpha value is -1.65. The molecule has 0 saturated heterocycles. The minimum atomic E-state index is -4.66. The number of hydrogen-bond acceptors (Lipinski definition) is 3. The number of nitrogens with zero attached hydrogens (tertiary/aromatic N) is 2. The molecule has 0 amide bonds. The number of rotatable bonds is 4. The topological polar surface area (TPSA) is 64.0 Å². The molecule has 1 N–H and O–H groups in total. The fourth-order valence-corrected chi connectivity index (χ4v) is 3.80. The van der Waals surface area contributed by atoms with Gasteiger partial charge in [-0.05, 0) is 25.1 Å². The summed E-state index contributed by atoms with van der Waals surface area (Å²) in [5, 5.41) is 3.68. The highest BCUT2D eigenvalue weighted by Crippen LogP contribution is 2.30. The predicted octanol–water partition coefficient (Wildman–Crippen LogP) is 3.02. The van der Waals surface area contributed by atoms with Gasteiger partial charge in [-0.1, -0.05) is 11.6 Å². The third-order valence-electron chi connectivity index (χ3n) is 3.19. The lowest BCUT2D eigenvalue weighted by molar-refractivity contribution is -0.137. The maximum Gasteiger partial charge on any atom is 0.416 e. The van der Waals surface area contributed by atoms with Gasteiger partial charge in [0.25, 0.3) is 0 Å². The molecule has 0 saturated carbocycles. The zero-order chi connectivity index (χ0) is 18.3. The third-order valence-corrected chi connectivity index (χ3v) is 5.29. The molecule has 0 aliphatic heterocycles. The molecule has 0 aliphatic rings. The Morgan fingerprint density at radius 1 is 1.33 bits per heavy atom. The maximum absolute atomic E-state index is 13.7. The molecule has 1 aromatic heterocycles. The van der Waals surface area contributed by atoms with Gasteiger partial charge in [0.05, 0.1) is 11.3 Å². The molecule has 24 heavy (non-hydrogen) atoms. The van der Waals surface area contributed by atoms with Gasteiger partial charge in [0.2, 0.25) is 10.0 Å². The summed E-state index contributed by atoms with van der Waals surface area (Å²) < 4.78 is 79.3. The summed E-state index contributed by atoms with van der Waals surface area (Å²) in [5.74, 6) is -0.959. The molecule has 2 aromatic rings. The smallest absolute Gasteiger partial charge is 0.255 e. The third kappa shape index (κ3) is 3.70. The summed E-state index contributed by atoms with van der Waals surface area (Å²) in [6.45, 7) is 0.744. The molecule has 0 bridgehead atoms. The Morgan fingerprint density at radius 3 is 2.46 bits per heavy atom. The predicted molar refractivity (Wildman–Crippen MR) is 78.4 cm³/mol. The van der Waals surface area contributed by atoms with Crippen molar-refractivity contribution in [3.05, 3.63) is 46.0 Å². The summed E-state index contributed by atoms with van der Waals surface area (Å²) in [5.41, 5.74) is -1.40. The van der Waals surface area contributed by atoms with Crippen LogP contribution in [0.25, 0.3) is 0 Å². The maximum atomic E-state index is 13.7. The molecule has 1 heterocycles. The van der Waals surface area contributed by atoms with Crippen LogP contribution in [0.1, 0.15) is 16.8 Å². The number of halogens is 5. The first-order valence-corrected chi connectivity index (χ1v) is 8.34. The molecule has 0 spiro atoms. The van der Waals surface area contributed by atoms with Crippen LogP contribution in [-0.2, 0) is 29.8 Å². The van der Waals surface area contributed by atoms with Crippen molar-refractivity contribution in [1.82, 2.24) is 14.5 Å². The Labute approximate surface area is 140 Å². The SMILES string of the molecule is Cc1nn(C)c(Cl)c1S(=O)(=O)NCc1cc(C(F)(F)F)ccc1F. The summed E-state index contributed by atoms with van der Waals surface area (Å²) >= 11 is 5.86. The van der Waals surface area contributed by atoms with E-state index in [-0.39, 0.29) is 15.7 Å². The van der Waals surface area contributed by atoms with E-state index in [1.807, 2.05) is 4.72 Å². The Morgan fingerprint density at radius 2 is 1.96 bits per heavy atom. The minimum absolute atomic E-state index is 0.111. The van der Waals surface area contributed by atoms with Gasteiger partial charge in [-0.3, -0.25) is 4.68 Å². The van der Waals surface area contributed by atoms with Crippen molar-refractivity contribution in [2.45, 2.75) is 24.5 Å². The van der Waals surface area contributed by atoms with Crippen LogP contribution in [0.15, 0.2) is 23.1 Å². The number of aromatic nitrogens is 2. The van der Waals surface area contributed by atoms with Crippen LogP contribution in [0.3, 0.4) is 0 Å². The van der Waals surface area contributed by atoms with Gasteiger partial charge in [-0.2, -0.15) is 18.3 Å². The molecule has 0 radical (unpaired) electrons. The van der Waals surface area contributed by atoms with E-state index >= 15 is 0 Å². The molecular weight excluding hydrogens is 374 g/mol. The van der Waals surface area contributed by atoms with Crippen molar-refractivity contribution in [2.24, 2.45) is 7.05 Å². The average Bonchev–Trinajstić information content (AvgIpc) is 2.70. The van der Waals surface area contributed by atoms with Crippen LogP contribution in [0.2, 0.25) is 5.15 Å². The van der Waals surface area contributed by atoms with Crippen LogP contribution in [0, 0.1) is 12.7 Å². The Kier molecular flexibility index (Phi) is 4.93. The van der Waals surface area contributed by atoms with Gasteiger partial charge < -0.3 is 0 Å². The second kappa shape index (κ2) is 6.34. The number of sulfonamides is 1. The summed E-state index contributed by atoms with van der Waals surface area (Å²) in [6.07, 6.45) is -4.66. The van der Waals surface area contributed by atoms with Gasteiger partial charge in [0.1, 0.15) is 15.9 Å². The zero-order valence-corrected chi connectivity index (χ0v) is 14.0. The van der Waals surface area contributed by atoms with Gasteiger partial charge in [0.15, 0.2) is 0 Å². The number of alkyl halides is 3. The summed E-state index contributed by atoms with van der Waals surface area (Å²) in [4.78, 5) is -0.306. The number of hydrogen-bond donors (Lipinski definition) is 1. The van der Waals surface area contributed by atoms with Crippen molar-refractivity contribution in [1.29, 1.82) is 0 Å². The highest BCUT2D eigenvalue weighted by Gasteiger charge is 2.31. The molecule has 11 heteroatoms. The van der Waals surface area contributed by atoms with Crippen molar-refractivity contribution in [3.8, 4) is 0 Å². The summed E-state index contributed by atoms with van der Waals surface area (Å²) in [6, 6.07) is 1.76. The van der Waals surface area contributed by atoms with Crippen LogP contribution >= 0.6 is 11.6 Å². The Bertz CT molecular complexity index is 878. The molecule has 0 unspecified atom stereocenters. The van der Waals surface area contributed by atoms with E-state index in [1.54, 1.807) is 0 Å². The molecule has 0 aliphatic carbocycles. The standard InChI is InChI=1S/C13H12ClF4N3O2S/c1-7-11(12(14)21(2)20-7)24(22,23)19-6-8-5-9(13(16,17)18)3-4-10(8)15/h3-5,19H,6H2,1-2H3. The number of nitrogens with one attached hydrogen (secondary N) is 1. The van der Waals surface area contributed by atoms with E-state index < -0.39 is 39.7 Å². The van der Waals surface area contributed by atoms with E-state index in [2.05, 4.69) is 5.10 Å². The van der Waals surface area contributed by atoms with E-state index in [0.717, 1.165) is 4.68 Å². The lowest BCUT2D eigenvalue weighted by Gasteiger charge is -2.11. The molecule has 5 nitrogen and oxygen atoms in total. The van der Waals surface area contributed by atoms with E-state index in [0.29, 0.717) is 18.2 Å². The lowest BCUT2D eigenvalue weighted by Crippen LogP contribution is -2.24. The number of aryl methyl sites for hydroxylation is 2. The molecule has 0 atom stereocenters. The zero-order valence-electron chi connectivity index (χ0n) is 12.4. The van der Waals surface area contributed by atoms with Crippen LogP contribution < -0.4 is 4.72 Å². The quantitative estimate of drug-likeness (QED) is 0.823. The molecule has 1 aromatic carbocycles. The van der Waals surface area contributed by atoms with Crippen molar-refractivity contribution >= 4 is 21.6 Å². The van der Waals surface area contributed by atoms with Gasteiger partial charge in [-0.25, -0.2) is 17.5 Å². The monoisotopic (exact) mass is 385 g/mol. The normalized spacial score (nSPS) is 12.6. The second-order valence-electron chi connectivity index (χ2n) is 4.96. The number of benzene rings is 1. The first-order valence-electron chi connectivity index (χ1n) is 6.48. The largest absolute Gasteiger partial charge is 0.416 e. The Balaban J connectivity index is 2.30. The molecule has 0 fully saturated rings. The molecule has 2 rings (SSSR count). The van der Waals surface area contributed by atoms with Crippen molar-refractivity contribution in [2.75, 3.05) is 0 Å². The van der Waals surface area contributed by atoms with E-state index in [4.69, 9.17) is 11.6 Å². The fraction of sp³-hybridized carbons (Fsp3) is 0.308. The average molecular weight is 386 g/mol. The van der Waals surface area contributed by atoms with Crippen molar-refractivity contribution < 1.29 is 26.0 Å². The lowest BCUT2D eigenvalue weighted by atomic mass is 10.1. The summed E-state index contributed by atoms with van der Waals surface area (Å²) in [7, 11) is -2.75.